The molecule has 1 aromatic rings. The summed E-state index contributed by atoms with van der Waals surface area (Å²) >= 11 is 0. The molecule has 0 bridgehead atoms. The Labute approximate surface area is 167 Å². The van der Waals surface area contributed by atoms with Gasteiger partial charge in [-0.1, -0.05) is 12.8 Å². The summed E-state index contributed by atoms with van der Waals surface area (Å²) in [6.07, 6.45) is 10.3. The zero-order valence-electron chi connectivity index (χ0n) is 15.2. The minimum Gasteiger partial charge on any atom is -0.388 e. The molecular weight excluding hydrogens is 431 g/mol. The molecule has 1 unspecified atom stereocenters. The standard InChI is InChI=1S/C17H30N6O.HI/c1-18-16(19-13-17(24)7-3-4-8-17)21-14-6-5-9-23(11-14)15-10-20-22(2)12-15;/h10,12,14,24H,3-9,11,13H2,1-2H3,(H2,18,19,21);1H. The molecule has 2 fully saturated rings. The molecule has 1 aliphatic heterocycles. The van der Waals surface area contributed by atoms with Crippen LogP contribution in [0.15, 0.2) is 17.4 Å². The Bertz CT molecular complexity index is 569. The first-order valence-electron chi connectivity index (χ1n) is 9.01. The minimum absolute atomic E-state index is 0. The second-order valence-electron chi connectivity index (χ2n) is 7.16. The molecule has 7 nitrogen and oxygen atoms in total. The summed E-state index contributed by atoms with van der Waals surface area (Å²) in [6, 6.07) is 0.350. The molecule has 142 valence electrons. The van der Waals surface area contributed by atoms with E-state index in [1.54, 1.807) is 7.05 Å². The van der Waals surface area contributed by atoms with Crippen molar-refractivity contribution in [2.75, 3.05) is 31.6 Å². The van der Waals surface area contributed by atoms with Crippen LogP contribution in [-0.4, -0.2) is 59.2 Å². The van der Waals surface area contributed by atoms with Crippen molar-refractivity contribution in [1.82, 2.24) is 20.4 Å². The van der Waals surface area contributed by atoms with E-state index in [1.165, 1.54) is 5.69 Å². The largest absolute Gasteiger partial charge is 0.388 e. The van der Waals surface area contributed by atoms with Crippen molar-refractivity contribution in [3.63, 3.8) is 0 Å². The molecule has 3 N–H and O–H groups in total. The normalized spacial score (nSPS) is 23.2. The lowest BCUT2D eigenvalue weighted by Gasteiger charge is -2.35. The summed E-state index contributed by atoms with van der Waals surface area (Å²) in [7, 11) is 3.73. The SMILES string of the molecule is CN=C(NCC1(O)CCCC1)NC1CCCN(c2cnn(C)c2)C1.I. The van der Waals surface area contributed by atoms with Gasteiger partial charge in [0.1, 0.15) is 0 Å². The van der Waals surface area contributed by atoms with Gasteiger partial charge in [0.2, 0.25) is 0 Å². The molecule has 3 rings (SSSR count). The van der Waals surface area contributed by atoms with Crippen LogP contribution in [0.25, 0.3) is 0 Å². The quantitative estimate of drug-likeness (QED) is 0.359. The van der Waals surface area contributed by atoms with Crippen molar-refractivity contribution in [2.24, 2.45) is 12.0 Å². The smallest absolute Gasteiger partial charge is 0.191 e. The van der Waals surface area contributed by atoms with E-state index in [1.807, 2.05) is 17.9 Å². The molecule has 0 aromatic carbocycles. The number of aromatic nitrogens is 2. The zero-order chi connectivity index (χ0) is 17.0. The van der Waals surface area contributed by atoms with Crippen LogP contribution < -0.4 is 15.5 Å². The lowest BCUT2D eigenvalue weighted by atomic mass is 10.0. The van der Waals surface area contributed by atoms with Crippen LogP contribution in [0.1, 0.15) is 38.5 Å². The molecule has 2 heterocycles. The number of nitrogens with one attached hydrogen (secondary N) is 2. The van der Waals surface area contributed by atoms with Crippen LogP contribution in [0.5, 0.6) is 0 Å². The fourth-order valence-electron chi connectivity index (χ4n) is 3.75. The first-order valence-corrected chi connectivity index (χ1v) is 9.01. The molecule has 1 aromatic heterocycles. The number of nitrogens with zero attached hydrogens (tertiary/aromatic N) is 4. The number of piperidine rings is 1. The maximum atomic E-state index is 10.5. The van der Waals surface area contributed by atoms with Crippen molar-refractivity contribution in [1.29, 1.82) is 0 Å². The van der Waals surface area contributed by atoms with Crippen molar-refractivity contribution >= 4 is 35.6 Å². The Morgan fingerprint density at radius 1 is 1.40 bits per heavy atom. The summed E-state index contributed by atoms with van der Waals surface area (Å²) < 4.78 is 1.84. The van der Waals surface area contributed by atoms with Gasteiger partial charge in [-0.3, -0.25) is 9.67 Å². The third-order valence-electron chi connectivity index (χ3n) is 5.16. The van der Waals surface area contributed by atoms with E-state index in [4.69, 9.17) is 0 Å². The molecule has 1 saturated heterocycles. The Morgan fingerprint density at radius 3 is 2.80 bits per heavy atom. The average molecular weight is 462 g/mol. The number of rotatable bonds is 4. The van der Waals surface area contributed by atoms with E-state index in [2.05, 4.69) is 31.8 Å². The lowest BCUT2D eigenvalue weighted by molar-refractivity contribution is 0.0521. The maximum absolute atomic E-state index is 10.5. The van der Waals surface area contributed by atoms with Crippen molar-refractivity contribution < 1.29 is 5.11 Å². The fourth-order valence-corrected chi connectivity index (χ4v) is 3.75. The summed E-state index contributed by atoms with van der Waals surface area (Å²) in [5, 5.41) is 21.6. The number of aliphatic imine (C=N–C) groups is 1. The summed E-state index contributed by atoms with van der Waals surface area (Å²) in [6.45, 7) is 2.58. The van der Waals surface area contributed by atoms with Gasteiger partial charge in [-0.05, 0) is 25.7 Å². The van der Waals surface area contributed by atoms with Crippen LogP contribution in [0.3, 0.4) is 0 Å². The molecule has 0 spiro atoms. The molecule has 8 heteroatoms. The highest BCUT2D eigenvalue weighted by Gasteiger charge is 2.31. The number of hydrogen-bond donors (Lipinski definition) is 3. The number of aliphatic hydroxyl groups is 1. The monoisotopic (exact) mass is 462 g/mol. The van der Waals surface area contributed by atoms with Gasteiger partial charge in [0, 0.05) is 46.0 Å². The average Bonchev–Trinajstić information content (AvgIpc) is 3.21. The van der Waals surface area contributed by atoms with E-state index >= 15 is 0 Å². The number of guanidine groups is 1. The molecule has 1 aliphatic carbocycles. The first-order chi connectivity index (χ1) is 11.6. The predicted octanol–water partition coefficient (Wildman–Crippen LogP) is 1.48. The Hall–Kier alpha value is -1.03. The second kappa shape index (κ2) is 9.07. The Kier molecular flexibility index (Phi) is 7.36. The first kappa shape index (κ1) is 20.3. The number of anilines is 1. The van der Waals surface area contributed by atoms with Crippen molar-refractivity contribution in [2.45, 2.75) is 50.2 Å². The molecule has 0 radical (unpaired) electrons. The minimum atomic E-state index is -0.564. The highest BCUT2D eigenvalue weighted by atomic mass is 127. The topological polar surface area (TPSA) is 77.7 Å². The number of hydrogen-bond acceptors (Lipinski definition) is 4. The second-order valence-corrected chi connectivity index (χ2v) is 7.16. The molecule has 25 heavy (non-hydrogen) atoms. The summed E-state index contributed by atoms with van der Waals surface area (Å²) in [5.41, 5.74) is 0.610. The van der Waals surface area contributed by atoms with Crippen LogP contribution in [0.2, 0.25) is 0 Å². The van der Waals surface area contributed by atoms with Crippen LogP contribution in [-0.2, 0) is 7.05 Å². The maximum Gasteiger partial charge on any atom is 0.191 e. The van der Waals surface area contributed by atoms with Gasteiger partial charge in [0.15, 0.2) is 5.96 Å². The van der Waals surface area contributed by atoms with Crippen molar-refractivity contribution in [3.05, 3.63) is 12.4 Å². The van der Waals surface area contributed by atoms with Gasteiger partial charge in [-0.2, -0.15) is 5.10 Å². The van der Waals surface area contributed by atoms with Gasteiger partial charge in [-0.25, -0.2) is 0 Å². The van der Waals surface area contributed by atoms with Crippen LogP contribution in [0.4, 0.5) is 5.69 Å². The fraction of sp³-hybridized carbons (Fsp3) is 0.765. The third kappa shape index (κ3) is 5.47. The van der Waals surface area contributed by atoms with E-state index < -0.39 is 5.60 Å². The lowest BCUT2D eigenvalue weighted by Crippen LogP contribution is -2.53. The third-order valence-corrected chi connectivity index (χ3v) is 5.16. The molecule has 2 aliphatic rings. The Balaban J connectivity index is 0.00000225. The molecule has 1 atom stereocenters. The van der Waals surface area contributed by atoms with Crippen LogP contribution >= 0.6 is 24.0 Å². The molecule has 1 saturated carbocycles. The Morgan fingerprint density at radius 2 is 2.16 bits per heavy atom. The zero-order valence-corrected chi connectivity index (χ0v) is 17.6. The summed E-state index contributed by atoms with van der Waals surface area (Å²) in [5.74, 6) is 0.786. The number of aryl methyl sites for hydroxylation is 1. The molecule has 0 amide bonds. The van der Waals surface area contributed by atoms with E-state index in [9.17, 15) is 5.11 Å². The highest BCUT2D eigenvalue weighted by Crippen LogP contribution is 2.28. The van der Waals surface area contributed by atoms with Gasteiger partial charge in [0.25, 0.3) is 0 Å². The van der Waals surface area contributed by atoms with E-state index in [0.29, 0.717) is 12.6 Å². The van der Waals surface area contributed by atoms with E-state index in [-0.39, 0.29) is 24.0 Å². The van der Waals surface area contributed by atoms with Gasteiger partial charge >= 0.3 is 0 Å². The van der Waals surface area contributed by atoms with Gasteiger partial charge in [0.05, 0.1) is 17.5 Å². The highest BCUT2D eigenvalue weighted by molar-refractivity contribution is 14.0. The summed E-state index contributed by atoms with van der Waals surface area (Å²) in [4.78, 5) is 6.69. The van der Waals surface area contributed by atoms with Crippen LogP contribution in [0, 0.1) is 0 Å². The predicted molar refractivity (Wildman–Crippen MR) is 112 cm³/mol. The number of halogens is 1. The van der Waals surface area contributed by atoms with E-state index in [0.717, 1.165) is 57.6 Å². The molecular formula is C17H31IN6O. The van der Waals surface area contributed by atoms with Crippen molar-refractivity contribution in [3.8, 4) is 0 Å². The van der Waals surface area contributed by atoms with Gasteiger partial charge in [-0.15, -0.1) is 24.0 Å². The van der Waals surface area contributed by atoms with Gasteiger partial charge < -0.3 is 20.6 Å².